The smallest absolute Gasteiger partial charge is 0.159 e. The van der Waals surface area contributed by atoms with E-state index in [0.717, 1.165) is 25.0 Å². The van der Waals surface area contributed by atoms with Crippen LogP contribution in [-0.4, -0.2) is 43.9 Å². The molecule has 1 aromatic carbocycles. The van der Waals surface area contributed by atoms with Crippen LogP contribution in [0.2, 0.25) is 0 Å². The molecule has 5 nitrogen and oxygen atoms in total. The Balaban J connectivity index is 1.42. The second-order valence-electron chi connectivity index (χ2n) is 10.4. The Morgan fingerprint density at radius 2 is 1.88 bits per heavy atom. The minimum Gasteiger partial charge on any atom is -0.497 e. The van der Waals surface area contributed by atoms with Crippen molar-refractivity contribution in [2.75, 3.05) is 20.3 Å². The molecule has 2 fully saturated rings. The molecule has 0 amide bonds. The van der Waals surface area contributed by atoms with Crippen LogP contribution in [0.1, 0.15) is 57.9 Å². The molecule has 0 bridgehead atoms. The fraction of sp³-hybridized carbons (Fsp3) is 0.714. The molecule has 1 aromatic rings. The van der Waals surface area contributed by atoms with Gasteiger partial charge in [-0.3, -0.25) is 0 Å². The van der Waals surface area contributed by atoms with E-state index in [1.165, 1.54) is 30.4 Å². The second-order valence-corrected chi connectivity index (χ2v) is 10.4. The fourth-order valence-corrected chi connectivity index (χ4v) is 7.39. The summed E-state index contributed by atoms with van der Waals surface area (Å²) in [5, 5.41) is 10.5. The first-order chi connectivity index (χ1) is 16.1. The highest BCUT2D eigenvalue weighted by molar-refractivity contribution is 5.34. The van der Waals surface area contributed by atoms with E-state index in [1.54, 1.807) is 12.7 Å². The fourth-order valence-electron chi connectivity index (χ4n) is 7.39. The summed E-state index contributed by atoms with van der Waals surface area (Å²) in [7, 11) is 1.69. The standard InChI is InChI=1S/C28H40O5/c1-4-31-25-14-22-24(32-16-18-8-10-19(30-3)11-9-18)13-12-21-20-7-5-6-17(2)26(20)23(15-29)28(33-25)27(21)22/h8-11,17,20,22-26,28-29H,4-7,12-16H2,1-3H3/t17-,20+,22+,23+,24-,25-,26-,28+/m1/s1. The summed E-state index contributed by atoms with van der Waals surface area (Å²) in [5.74, 6) is 3.10. The molecule has 1 saturated heterocycles. The minimum absolute atomic E-state index is 0.0329. The molecule has 0 radical (unpaired) electrons. The zero-order valence-electron chi connectivity index (χ0n) is 20.4. The van der Waals surface area contributed by atoms with E-state index in [2.05, 4.69) is 19.1 Å². The van der Waals surface area contributed by atoms with Gasteiger partial charge in [-0.25, -0.2) is 0 Å². The van der Waals surface area contributed by atoms with Crippen LogP contribution in [0.15, 0.2) is 35.4 Å². The monoisotopic (exact) mass is 456 g/mol. The Hall–Kier alpha value is -1.40. The molecule has 1 N–H and O–H groups in total. The van der Waals surface area contributed by atoms with Crippen molar-refractivity contribution in [3.63, 3.8) is 0 Å². The van der Waals surface area contributed by atoms with Crippen LogP contribution >= 0.6 is 0 Å². The van der Waals surface area contributed by atoms with Crippen LogP contribution in [0, 0.1) is 29.6 Å². The topological polar surface area (TPSA) is 57.2 Å². The summed E-state index contributed by atoms with van der Waals surface area (Å²) < 4.78 is 24.5. The van der Waals surface area contributed by atoms with E-state index in [4.69, 9.17) is 18.9 Å². The van der Waals surface area contributed by atoms with Crippen LogP contribution in [0.5, 0.6) is 5.75 Å². The normalized spacial score (nSPS) is 37.9. The first-order valence-corrected chi connectivity index (χ1v) is 13.0. The molecule has 3 aliphatic carbocycles. The Morgan fingerprint density at radius 1 is 1.06 bits per heavy atom. The summed E-state index contributed by atoms with van der Waals surface area (Å²) in [6.07, 6.45) is 6.75. The first kappa shape index (κ1) is 23.3. The molecule has 33 heavy (non-hydrogen) atoms. The number of aliphatic hydroxyl groups is 1. The maximum absolute atomic E-state index is 10.5. The van der Waals surface area contributed by atoms with Crippen molar-refractivity contribution in [3.8, 4) is 5.75 Å². The third kappa shape index (κ3) is 4.38. The van der Waals surface area contributed by atoms with Gasteiger partial charge in [0.15, 0.2) is 6.29 Å². The molecule has 5 rings (SSSR count). The zero-order valence-corrected chi connectivity index (χ0v) is 20.4. The van der Waals surface area contributed by atoms with Gasteiger partial charge in [0.05, 0.1) is 25.9 Å². The highest BCUT2D eigenvalue weighted by Gasteiger charge is 2.54. The van der Waals surface area contributed by atoms with E-state index in [-0.39, 0.29) is 31.0 Å². The Labute approximate surface area is 198 Å². The Bertz CT molecular complexity index is 833. The van der Waals surface area contributed by atoms with E-state index in [0.29, 0.717) is 36.9 Å². The number of ether oxygens (including phenoxy) is 4. The van der Waals surface area contributed by atoms with Crippen molar-refractivity contribution < 1.29 is 24.1 Å². The van der Waals surface area contributed by atoms with Gasteiger partial charge >= 0.3 is 0 Å². The van der Waals surface area contributed by atoms with Gasteiger partial charge in [0.2, 0.25) is 0 Å². The van der Waals surface area contributed by atoms with Gasteiger partial charge in [0.25, 0.3) is 0 Å². The van der Waals surface area contributed by atoms with Crippen LogP contribution < -0.4 is 4.74 Å². The SMILES string of the molecule is CCO[C@H]1C[C@@H]2C3=C(CC[C@H]2OCc2ccc(OC)cc2)[C@@H]2CCC[C@@H](C)[C@H]2[C@H](CO)[C@@H]3O1. The van der Waals surface area contributed by atoms with E-state index < -0.39 is 0 Å². The number of hydrogen-bond donors (Lipinski definition) is 1. The molecule has 0 spiro atoms. The largest absolute Gasteiger partial charge is 0.497 e. The summed E-state index contributed by atoms with van der Waals surface area (Å²) in [5.41, 5.74) is 4.27. The van der Waals surface area contributed by atoms with E-state index in [1.807, 2.05) is 19.1 Å². The Kier molecular flexibility index (Phi) is 7.12. The third-order valence-corrected chi connectivity index (χ3v) is 8.78. The summed E-state index contributed by atoms with van der Waals surface area (Å²) >= 11 is 0. The quantitative estimate of drug-likeness (QED) is 0.578. The summed E-state index contributed by atoms with van der Waals surface area (Å²) in [4.78, 5) is 0. The lowest BCUT2D eigenvalue weighted by atomic mass is 9.54. The van der Waals surface area contributed by atoms with Crippen LogP contribution in [-0.2, 0) is 20.8 Å². The van der Waals surface area contributed by atoms with Gasteiger partial charge < -0.3 is 24.1 Å². The maximum Gasteiger partial charge on any atom is 0.159 e. The van der Waals surface area contributed by atoms with Crippen LogP contribution in [0.3, 0.4) is 0 Å². The van der Waals surface area contributed by atoms with Crippen molar-refractivity contribution in [2.45, 2.75) is 77.5 Å². The summed E-state index contributed by atoms with van der Waals surface area (Å²) in [6, 6.07) is 8.15. The van der Waals surface area contributed by atoms with Crippen LogP contribution in [0.25, 0.3) is 0 Å². The predicted molar refractivity (Wildman–Crippen MR) is 127 cm³/mol. The van der Waals surface area contributed by atoms with Gasteiger partial charge in [0.1, 0.15) is 5.75 Å². The molecule has 1 aliphatic heterocycles. The number of fused-ring (bicyclic) bond motifs is 2. The van der Waals surface area contributed by atoms with Gasteiger partial charge in [-0.05, 0) is 67.2 Å². The average Bonchev–Trinajstić information content (AvgIpc) is 2.84. The van der Waals surface area contributed by atoms with E-state index >= 15 is 0 Å². The number of hydrogen-bond acceptors (Lipinski definition) is 5. The minimum atomic E-state index is -0.218. The number of benzene rings is 1. The molecule has 0 aromatic heterocycles. The molecule has 182 valence electrons. The predicted octanol–water partition coefficient (Wildman–Crippen LogP) is 5.11. The zero-order chi connectivity index (χ0) is 22.9. The molecule has 1 heterocycles. The van der Waals surface area contributed by atoms with Crippen LogP contribution in [0.4, 0.5) is 0 Å². The van der Waals surface area contributed by atoms with Crippen molar-refractivity contribution >= 4 is 0 Å². The molecule has 1 saturated carbocycles. The van der Waals surface area contributed by atoms with Crippen molar-refractivity contribution in [1.29, 1.82) is 0 Å². The molecule has 5 heteroatoms. The lowest BCUT2D eigenvalue weighted by Gasteiger charge is -2.56. The number of allylic oxidation sites excluding steroid dienone is 1. The Morgan fingerprint density at radius 3 is 2.61 bits per heavy atom. The summed E-state index contributed by atoms with van der Waals surface area (Å²) in [6.45, 7) is 5.85. The molecule has 4 aliphatic rings. The first-order valence-electron chi connectivity index (χ1n) is 13.0. The number of aliphatic hydroxyl groups excluding tert-OH is 1. The van der Waals surface area contributed by atoms with Crippen molar-refractivity contribution in [2.24, 2.45) is 29.6 Å². The van der Waals surface area contributed by atoms with Crippen molar-refractivity contribution in [3.05, 3.63) is 41.0 Å². The van der Waals surface area contributed by atoms with E-state index in [9.17, 15) is 5.11 Å². The molecule has 8 atom stereocenters. The third-order valence-electron chi connectivity index (χ3n) is 8.78. The lowest BCUT2D eigenvalue weighted by molar-refractivity contribution is -0.222. The molecule has 0 unspecified atom stereocenters. The lowest BCUT2D eigenvalue weighted by Crippen LogP contribution is -2.55. The second kappa shape index (κ2) is 10.1. The highest BCUT2D eigenvalue weighted by Crippen LogP contribution is 2.57. The molecular formula is C28H40O5. The van der Waals surface area contributed by atoms with Gasteiger partial charge in [-0.1, -0.05) is 37.5 Å². The highest BCUT2D eigenvalue weighted by atomic mass is 16.7. The van der Waals surface area contributed by atoms with Gasteiger partial charge in [-0.15, -0.1) is 0 Å². The van der Waals surface area contributed by atoms with Gasteiger partial charge in [0, 0.05) is 31.5 Å². The van der Waals surface area contributed by atoms with Gasteiger partial charge in [-0.2, -0.15) is 0 Å². The number of methoxy groups -OCH3 is 1. The number of rotatable bonds is 7. The maximum atomic E-state index is 10.5. The molecular weight excluding hydrogens is 416 g/mol. The average molecular weight is 457 g/mol. The van der Waals surface area contributed by atoms with Crippen molar-refractivity contribution in [1.82, 2.24) is 0 Å².